The summed E-state index contributed by atoms with van der Waals surface area (Å²) in [6.07, 6.45) is 0. The Hall–Kier alpha value is -1.03. The van der Waals surface area contributed by atoms with Gasteiger partial charge in [-0.15, -0.1) is 0 Å². The van der Waals surface area contributed by atoms with E-state index in [9.17, 15) is 30.0 Å². The number of aliphatic hydroxyl groups is 2. The molecule has 12 heteroatoms. The molecule has 4 nitrogen and oxygen atoms in total. The first kappa shape index (κ1) is 24.0. The van der Waals surface area contributed by atoms with Crippen LogP contribution in [0.1, 0.15) is 10.4 Å². The van der Waals surface area contributed by atoms with Crippen molar-refractivity contribution in [3.63, 3.8) is 0 Å². The van der Waals surface area contributed by atoms with Gasteiger partial charge in [0, 0.05) is 16.5 Å². The molecule has 0 aliphatic carbocycles. The molecule has 0 amide bonds. The van der Waals surface area contributed by atoms with Crippen LogP contribution in [0.4, 0.5) is 25.2 Å². The molecule has 0 saturated heterocycles. The summed E-state index contributed by atoms with van der Waals surface area (Å²) in [7, 11) is -9.32. The maximum absolute atomic E-state index is 12.0. The van der Waals surface area contributed by atoms with E-state index in [-0.39, 0.29) is 29.9 Å². The van der Waals surface area contributed by atoms with Crippen molar-refractivity contribution in [3.8, 4) is 5.75 Å². The van der Waals surface area contributed by atoms with Crippen LogP contribution in [0, 0.1) is 0 Å². The van der Waals surface area contributed by atoms with E-state index in [4.69, 9.17) is 14.9 Å². The van der Waals surface area contributed by atoms with Gasteiger partial charge in [-0.25, -0.2) is 0 Å². The summed E-state index contributed by atoms with van der Waals surface area (Å²) in [5.74, 6) is 2.29. The molecular weight excluding hydrogens is 397 g/mol. The Morgan fingerprint density at radius 3 is 1.72 bits per heavy atom. The summed E-state index contributed by atoms with van der Waals surface area (Å²) in [5.41, 5.74) is 0.643. The molecule has 0 fully saturated rings. The van der Waals surface area contributed by atoms with Crippen molar-refractivity contribution in [3.05, 3.63) is 29.8 Å². The Morgan fingerprint density at radius 2 is 1.40 bits per heavy atom. The molecule has 1 rings (SSSR count). The summed E-state index contributed by atoms with van der Waals surface area (Å²) in [5, 5.41) is 17.8. The van der Waals surface area contributed by atoms with Crippen LogP contribution in [0.25, 0.3) is 0 Å². The van der Waals surface area contributed by atoms with Gasteiger partial charge in [-0.05, 0) is 24.3 Å². The van der Waals surface area contributed by atoms with Crippen LogP contribution in [0.3, 0.4) is 0 Å². The van der Waals surface area contributed by atoms with Gasteiger partial charge in [0.25, 0.3) is 0 Å². The second-order valence-corrected chi connectivity index (χ2v) is 8.97. The number of methoxy groups -OCH3 is 1. The van der Waals surface area contributed by atoms with Crippen LogP contribution in [0.5, 0.6) is 5.75 Å². The van der Waals surface area contributed by atoms with Gasteiger partial charge in [-0.2, -0.15) is 0 Å². The summed E-state index contributed by atoms with van der Waals surface area (Å²) in [6, 6.07) is 6.98. The van der Waals surface area contributed by atoms with Crippen LogP contribution in [-0.4, -0.2) is 53.6 Å². The predicted molar refractivity (Wildman–Crippen MR) is 87.0 cm³/mol. The molecule has 0 radical (unpaired) electrons. The average Bonchev–Trinajstić information content (AvgIpc) is 2.44. The first-order valence-corrected chi connectivity index (χ1v) is 10.5. The predicted octanol–water partition coefficient (Wildman–Crippen LogP) is 3.86. The second-order valence-electron chi connectivity index (χ2n) is 4.72. The molecule has 2 N–H and O–H groups in total. The summed E-state index contributed by atoms with van der Waals surface area (Å²) >= 11 is 0. The van der Waals surface area contributed by atoms with Gasteiger partial charge >= 0.3 is 33.0 Å². The SMILES string of the molecule is COc1ccc(C(=O)C[S+](CCO)CCO)cc1.F[P-](F)(F)(F)(F)F. The number of hydrogen-bond acceptors (Lipinski definition) is 4. The van der Waals surface area contributed by atoms with E-state index in [0.717, 1.165) is 5.75 Å². The van der Waals surface area contributed by atoms with Gasteiger partial charge in [-0.3, -0.25) is 4.79 Å². The number of aliphatic hydroxyl groups excluding tert-OH is 2. The van der Waals surface area contributed by atoms with Crippen LogP contribution < -0.4 is 4.74 Å². The Bertz CT molecular complexity index is 532. The van der Waals surface area contributed by atoms with Crippen molar-refractivity contribution in [1.29, 1.82) is 0 Å². The molecule has 1 aromatic rings. The third-order valence-electron chi connectivity index (χ3n) is 2.51. The third kappa shape index (κ3) is 16.2. The van der Waals surface area contributed by atoms with E-state index in [1.54, 1.807) is 31.4 Å². The molecule has 0 bridgehead atoms. The number of hydrogen-bond donors (Lipinski definition) is 2. The van der Waals surface area contributed by atoms with E-state index in [0.29, 0.717) is 22.8 Å². The first-order chi connectivity index (χ1) is 11.2. The Labute approximate surface area is 143 Å². The zero-order valence-corrected chi connectivity index (χ0v) is 14.9. The molecule has 0 atom stereocenters. The molecule has 0 heterocycles. The van der Waals surface area contributed by atoms with Gasteiger partial charge in [0.1, 0.15) is 17.3 Å². The zero-order chi connectivity index (χ0) is 19.8. The van der Waals surface area contributed by atoms with E-state index < -0.39 is 7.81 Å². The summed E-state index contributed by atoms with van der Waals surface area (Å²) < 4.78 is 64.2. The first-order valence-electron chi connectivity index (χ1n) is 6.75. The fourth-order valence-corrected chi connectivity index (χ4v) is 3.10. The fourth-order valence-electron chi connectivity index (χ4n) is 1.55. The average molecular weight is 416 g/mol. The van der Waals surface area contributed by atoms with Gasteiger partial charge in [-0.1, -0.05) is 0 Å². The number of carbonyl (C=O) groups excluding carboxylic acids is 1. The number of ether oxygens (including phenoxy) is 1. The second kappa shape index (κ2) is 8.57. The number of benzene rings is 1. The van der Waals surface area contributed by atoms with Gasteiger partial charge < -0.3 is 14.9 Å². The van der Waals surface area contributed by atoms with E-state index in [1.807, 2.05) is 0 Å². The summed E-state index contributed by atoms with van der Waals surface area (Å²) in [6.45, 7) is 0.109. The van der Waals surface area contributed by atoms with Crippen LogP contribution >= 0.6 is 7.81 Å². The molecule has 25 heavy (non-hydrogen) atoms. The number of Topliss-reactive ketones (excluding diaryl/α,β-unsaturated/α-hetero) is 1. The standard InChI is InChI=1S/C13H19O4S.F6P/c1-17-12-4-2-11(3-5-12)13(16)10-18(8-6-14)9-7-15;1-7(2,3,4,5)6/h2-5,14-15H,6-10H2,1H3;/q+1;-1. The molecule has 0 unspecified atom stereocenters. The number of ketones is 1. The minimum atomic E-state index is -10.7. The molecule has 0 aliphatic heterocycles. The van der Waals surface area contributed by atoms with Crippen LogP contribution in [-0.2, 0) is 10.9 Å². The molecule has 148 valence electrons. The molecule has 0 aliphatic rings. The molecule has 0 spiro atoms. The van der Waals surface area contributed by atoms with E-state index in [1.165, 1.54) is 0 Å². The van der Waals surface area contributed by atoms with Crippen molar-refractivity contribution in [1.82, 2.24) is 0 Å². The van der Waals surface area contributed by atoms with Gasteiger partial charge in [0.15, 0.2) is 5.75 Å². The molecule has 0 aromatic heterocycles. The van der Waals surface area contributed by atoms with Crippen LogP contribution in [0.15, 0.2) is 24.3 Å². The zero-order valence-electron chi connectivity index (χ0n) is 13.2. The van der Waals surface area contributed by atoms with E-state index >= 15 is 0 Å². The third-order valence-corrected chi connectivity index (χ3v) is 4.70. The topological polar surface area (TPSA) is 66.8 Å². The van der Waals surface area contributed by atoms with Gasteiger partial charge in [0.05, 0.1) is 20.3 Å². The number of halogens is 6. The van der Waals surface area contributed by atoms with Gasteiger partial charge in [0.2, 0.25) is 5.78 Å². The quantitative estimate of drug-likeness (QED) is 0.292. The van der Waals surface area contributed by atoms with Crippen molar-refractivity contribution in [2.24, 2.45) is 0 Å². The minimum absolute atomic E-state index is 0.0443. The monoisotopic (exact) mass is 416 g/mol. The fraction of sp³-hybridized carbons (Fsp3) is 0.462. The molecule has 0 saturated carbocycles. The molecular formula is C13H19F6O4PS. The van der Waals surface area contributed by atoms with Crippen LogP contribution in [0.2, 0.25) is 0 Å². The maximum atomic E-state index is 12.0. The number of carbonyl (C=O) groups is 1. The van der Waals surface area contributed by atoms with Crippen molar-refractivity contribution in [2.75, 3.05) is 37.6 Å². The summed E-state index contributed by atoms with van der Waals surface area (Å²) in [4.78, 5) is 12.0. The number of rotatable bonds is 8. The van der Waals surface area contributed by atoms with Crippen molar-refractivity contribution >= 4 is 24.5 Å². The van der Waals surface area contributed by atoms with Crippen molar-refractivity contribution in [2.45, 2.75) is 0 Å². The Balaban J connectivity index is 0.000000697. The normalized spacial score (nSPS) is 14.2. The molecule has 1 aromatic carbocycles. The van der Waals surface area contributed by atoms with Crippen molar-refractivity contribution < 1.29 is 44.9 Å². The van der Waals surface area contributed by atoms with E-state index in [2.05, 4.69) is 0 Å². The Morgan fingerprint density at radius 1 is 1.00 bits per heavy atom. The Kier molecular flexibility index (Phi) is 8.22.